The number of Topliss-reactive ketones (excluding diaryl/α,β-unsaturated/α-hetero) is 1. The van der Waals surface area contributed by atoms with Gasteiger partial charge in [0.25, 0.3) is 0 Å². The van der Waals surface area contributed by atoms with Gasteiger partial charge in [-0.1, -0.05) is 0 Å². The van der Waals surface area contributed by atoms with Crippen LogP contribution in [-0.4, -0.2) is 31.3 Å². The highest BCUT2D eigenvalue weighted by molar-refractivity contribution is 7.12. The number of piperidine rings is 1. The number of nitrogens with one attached hydrogen (secondary N) is 2. The summed E-state index contributed by atoms with van der Waals surface area (Å²) in [5.41, 5.74) is 0.779. The van der Waals surface area contributed by atoms with E-state index in [9.17, 15) is 9.59 Å². The molecule has 1 aromatic heterocycles. The van der Waals surface area contributed by atoms with Crippen molar-refractivity contribution in [1.82, 2.24) is 10.6 Å². The summed E-state index contributed by atoms with van der Waals surface area (Å²) in [5.74, 6) is 0.588. The molecule has 4 nitrogen and oxygen atoms in total. The molecule has 2 rings (SSSR count). The van der Waals surface area contributed by atoms with E-state index in [1.165, 1.54) is 12.8 Å². The number of amides is 1. The molecule has 1 unspecified atom stereocenters. The molecule has 0 aliphatic carbocycles. The Balaban J connectivity index is 1.71. The molecule has 0 saturated carbocycles. The van der Waals surface area contributed by atoms with Crippen LogP contribution in [0.3, 0.4) is 0 Å². The highest BCUT2D eigenvalue weighted by Gasteiger charge is 2.16. The van der Waals surface area contributed by atoms with Crippen molar-refractivity contribution in [3.8, 4) is 0 Å². The molecule has 2 heterocycles. The zero-order valence-corrected chi connectivity index (χ0v) is 13.6. The van der Waals surface area contributed by atoms with E-state index in [0.29, 0.717) is 12.3 Å². The van der Waals surface area contributed by atoms with Gasteiger partial charge in [0.15, 0.2) is 5.78 Å². The fraction of sp³-hybridized carbons (Fsp3) is 0.625. The van der Waals surface area contributed by atoms with Crippen molar-refractivity contribution in [1.29, 1.82) is 0 Å². The first-order chi connectivity index (χ1) is 10.1. The topological polar surface area (TPSA) is 58.2 Å². The zero-order chi connectivity index (χ0) is 15.2. The number of hydrogen-bond donors (Lipinski definition) is 2. The summed E-state index contributed by atoms with van der Waals surface area (Å²) in [7, 11) is 0. The summed E-state index contributed by atoms with van der Waals surface area (Å²) < 4.78 is 0. The molecular formula is C16H24N2O2S. The number of aryl methyl sites for hydroxylation is 2. The van der Waals surface area contributed by atoms with Crippen molar-refractivity contribution < 1.29 is 9.59 Å². The number of rotatable bonds is 6. The zero-order valence-electron chi connectivity index (χ0n) is 12.8. The fourth-order valence-electron chi connectivity index (χ4n) is 2.71. The van der Waals surface area contributed by atoms with Crippen LogP contribution in [0.4, 0.5) is 0 Å². The van der Waals surface area contributed by atoms with E-state index in [1.54, 1.807) is 11.3 Å². The number of carbonyl (C=O) groups is 2. The molecule has 1 atom stereocenters. The van der Waals surface area contributed by atoms with Crippen LogP contribution in [0.5, 0.6) is 0 Å². The quantitative estimate of drug-likeness (QED) is 0.794. The van der Waals surface area contributed by atoms with Crippen molar-refractivity contribution in [3.05, 3.63) is 21.4 Å². The standard InChI is InChI=1S/C16H24N2O2S/c1-11-8-14(12(2)21-11)15(19)5-6-16(20)18-10-13-4-3-7-17-9-13/h8,13,17H,3-7,9-10H2,1-2H3,(H,18,20). The van der Waals surface area contributed by atoms with Gasteiger partial charge < -0.3 is 10.6 Å². The van der Waals surface area contributed by atoms with Gasteiger partial charge in [-0.2, -0.15) is 0 Å². The second-order valence-corrected chi connectivity index (χ2v) is 7.23. The number of carbonyl (C=O) groups excluding carboxylic acids is 2. The smallest absolute Gasteiger partial charge is 0.220 e. The Hall–Kier alpha value is -1.20. The molecule has 0 radical (unpaired) electrons. The minimum absolute atomic E-state index is 0.0153. The van der Waals surface area contributed by atoms with Crippen molar-refractivity contribution in [3.63, 3.8) is 0 Å². The molecular weight excluding hydrogens is 284 g/mol. The van der Waals surface area contributed by atoms with Gasteiger partial charge >= 0.3 is 0 Å². The average molecular weight is 308 g/mol. The number of thiophene rings is 1. The summed E-state index contributed by atoms with van der Waals surface area (Å²) in [5, 5.41) is 6.29. The Morgan fingerprint density at radius 2 is 2.19 bits per heavy atom. The van der Waals surface area contributed by atoms with Crippen LogP contribution in [0.2, 0.25) is 0 Å². The second-order valence-electron chi connectivity index (χ2n) is 5.77. The van der Waals surface area contributed by atoms with E-state index in [2.05, 4.69) is 10.6 Å². The second kappa shape index (κ2) is 7.71. The van der Waals surface area contributed by atoms with Crippen molar-refractivity contribution in [2.75, 3.05) is 19.6 Å². The predicted octanol–water partition coefficient (Wildman–Crippen LogP) is 2.44. The van der Waals surface area contributed by atoms with Gasteiger partial charge in [-0.05, 0) is 51.8 Å². The molecule has 1 fully saturated rings. The predicted molar refractivity (Wildman–Crippen MR) is 86.0 cm³/mol. The van der Waals surface area contributed by atoms with E-state index < -0.39 is 0 Å². The summed E-state index contributed by atoms with van der Waals surface area (Å²) in [6.07, 6.45) is 2.93. The lowest BCUT2D eigenvalue weighted by Gasteiger charge is -2.22. The molecule has 1 saturated heterocycles. The van der Waals surface area contributed by atoms with Gasteiger partial charge in [0, 0.05) is 34.7 Å². The summed E-state index contributed by atoms with van der Waals surface area (Å²) in [6, 6.07) is 1.92. The van der Waals surface area contributed by atoms with Gasteiger partial charge in [0.1, 0.15) is 0 Å². The molecule has 1 aliphatic heterocycles. The van der Waals surface area contributed by atoms with Gasteiger partial charge in [0.05, 0.1) is 0 Å². The van der Waals surface area contributed by atoms with Gasteiger partial charge in [-0.3, -0.25) is 9.59 Å². The summed E-state index contributed by atoms with van der Waals surface area (Å²) >= 11 is 1.63. The van der Waals surface area contributed by atoms with Crippen molar-refractivity contribution in [2.24, 2.45) is 5.92 Å². The molecule has 5 heteroatoms. The Bertz CT molecular complexity index is 504. The van der Waals surface area contributed by atoms with Crippen LogP contribution in [0.15, 0.2) is 6.07 Å². The monoisotopic (exact) mass is 308 g/mol. The fourth-order valence-corrected chi connectivity index (χ4v) is 3.66. The Labute approximate surface area is 130 Å². The Kier molecular flexibility index (Phi) is 5.94. The molecule has 1 aliphatic rings. The molecule has 0 bridgehead atoms. The van der Waals surface area contributed by atoms with E-state index >= 15 is 0 Å². The molecule has 1 amide bonds. The minimum Gasteiger partial charge on any atom is -0.356 e. The van der Waals surface area contributed by atoms with Crippen LogP contribution in [0.25, 0.3) is 0 Å². The Morgan fingerprint density at radius 1 is 1.38 bits per heavy atom. The third-order valence-electron chi connectivity index (χ3n) is 3.91. The lowest BCUT2D eigenvalue weighted by Crippen LogP contribution is -2.38. The normalized spacial score (nSPS) is 18.5. The van der Waals surface area contributed by atoms with E-state index in [4.69, 9.17) is 0 Å². The van der Waals surface area contributed by atoms with Crippen LogP contribution in [0, 0.1) is 19.8 Å². The molecule has 116 valence electrons. The highest BCUT2D eigenvalue weighted by Crippen LogP contribution is 2.22. The third kappa shape index (κ3) is 4.93. The lowest BCUT2D eigenvalue weighted by molar-refractivity contribution is -0.121. The maximum Gasteiger partial charge on any atom is 0.220 e. The van der Waals surface area contributed by atoms with Crippen LogP contribution in [0.1, 0.15) is 45.8 Å². The van der Waals surface area contributed by atoms with E-state index in [0.717, 1.165) is 35.0 Å². The van der Waals surface area contributed by atoms with Crippen molar-refractivity contribution in [2.45, 2.75) is 39.5 Å². The van der Waals surface area contributed by atoms with Gasteiger partial charge in [-0.15, -0.1) is 11.3 Å². The van der Waals surface area contributed by atoms with Gasteiger partial charge in [-0.25, -0.2) is 0 Å². The first-order valence-electron chi connectivity index (χ1n) is 7.64. The number of ketones is 1. The van der Waals surface area contributed by atoms with E-state index in [-0.39, 0.29) is 18.1 Å². The van der Waals surface area contributed by atoms with E-state index in [1.807, 2.05) is 19.9 Å². The molecule has 0 aromatic carbocycles. The molecule has 0 spiro atoms. The maximum atomic E-state index is 12.1. The van der Waals surface area contributed by atoms with Gasteiger partial charge in [0.2, 0.25) is 5.91 Å². The van der Waals surface area contributed by atoms with Crippen molar-refractivity contribution >= 4 is 23.0 Å². The van der Waals surface area contributed by atoms with Crippen LogP contribution >= 0.6 is 11.3 Å². The highest BCUT2D eigenvalue weighted by atomic mass is 32.1. The molecule has 1 aromatic rings. The Morgan fingerprint density at radius 3 is 2.81 bits per heavy atom. The molecule has 2 N–H and O–H groups in total. The summed E-state index contributed by atoms with van der Waals surface area (Å²) in [6.45, 7) is 6.74. The van der Waals surface area contributed by atoms with Crippen LogP contribution in [-0.2, 0) is 4.79 Å². The number of hydrogen-bond acceptors (Lipinski definition) is 4. The summed E-state index contributed by atoms with van der Waals surface area (Å²) in [4.78, 5) is 26.1. The first-order valence-corrected chi connectivity index (χ1v) is 8.45. The molecule has 21 heavy (non-hydrogen) atoms. The SMILES string of the molecule is Cc1cc(C(=O)CCC(=O)NCC2CCCNC2)c(C)s1. The average Bonchev–Trinajstić information content (AvgIpc) is 2.82. The maximum absolute atomic E-state index is 12.1. The largest absolute Gasteiger partial charge is 0.356 e. The minimum atomic E-state index is -0.0153. The lowest BCUT2D eigenvalue weighted by atomic mass is 9.99. The van der Waals surface area contributed by atoms with Crippen LogP contribution < -0.4 is 10.6 Å². The third-order valence-corrected chi connectivity index (χ3v) is 4.87. The first kappa shape index (κ1) is 16.2.